The normalized spacial score (nSPS) is 15.4. The van der Waals surface area contributed by atoms with Crippen molar-refractivity contribution in [2.24, 2.45) is 5.92 Å². The predicted molar refractivity (Wildman–Crippen MR) is 114 cm³/mol. The van der Waals surface area contributed by atoms with E-state index in [0.29, 0.717) is 25.9 Å². The van der Waals surface area contributed by atoms with Crippen LogP contribution in [0.3, 0.4) is 0 Å². The third-order valence-corrected chi connectivity index (χ3v) is 5.44. The maximum atomic E-state index is 12.7. The number of likely N-dealkylation sites (tertiary alicyclic amines) is 1. The molecule has 28 heavy (non-hydrogen) atoms. The van der Waals surface area contributed by atoms with E-state index in [-0.39, 0.29) is 23.1 Å². The summed E-state index contributed by atoms with van der Waals surface area (Å²) in [5.74, 6) is 0.0512. The van der Waals surface area contributed by atoms with E-state index in [9.17, 15) is 9.59 Å². The molecular formula is C24H30N2O2. The van der Waals surface area contributed by atoms with Crippen LogP contribution in [0.15, 0.2) is 48.5 Å². The minimum absolute atomic E-state index is 0.0474. The van der Waals surface area contributed by atoms with E-state index in [1.54, 1.807) is 0 Å². The first-order chi connectivity index (χ1) is 13.2. The molecule has 3 rings (SSSR count). The zero-order valence-electron chi connectivity index (χ0n) is 17.3. The van der Waals surface area contributed by atoms with Crippen molar-refractivity contribution in [3.8, 4) is 0 Å². The molecule has 0 atom stereocenters. The van der Waals surface area contributed by atoms with E-state index < -0.39 is 0 Å². The lowest BCUT2D eigenvalue weighted by Crippen LogP contribution is -2.41. The Morgan fingerprint density at radius 2 is 1.64 bits per heavy atom. The summed E-state index contributed by atoms with van der Waals surface area (Å²) in [4.78, 5) is 27.1. The Morgan fingerprint density at radius 3 is 2.21 bits per heavy atom. The lowest BCUT2D eigenvalue weighted by molar-refractivity contribution is -0.121. The van der Waals surface area contributed by atoms with Crippen LogP contribution in [0.2, 0.25) is 0 Å². The Kier molecular flexibility index (Phi) is 5.87. The number of hydrogen-bond donors (Lipinski definition) is 1. The number of anilines is 1. The van der Waals surface area contributed by atoms with Crippen molar-refractivity contribution in [2.75, 3.05) is 18.4 Å². The molecule has 1 aliphatic rings. The van der Waals surface area contributed by atoms with Crippen LogP contribution in [-0.4, -0.2) is 29.8 Å². The number of benzene rings is 2. The molecule has 0 saturated carbocycles. The summed E-state index contributed by atoms with van der Waals surface area (Å²) >= 11 is 0. The molecule has 0 aromatic heterocycles. The molecule has 0 aliphatic carbocycles. The Morgan fingerprint density at radius 1 is 1.00 bits per heavy atom. The highest BCUT2D eigenvalue weighted by Crippen LogP contribution is 2.25. The van der Waals surface area contributed by atoms with Gasteiger partial charge in [-0.25, -0.2) is 0 Å². The van der Waals surface area contributed by atoms with Crippen LogP contribution in [0.5, 0.6) is 0 Å². The van der Waals surface area contributed by atoms with Crippen molar-refractivity contribution < 1.29 is 9.59 Å². The quantitative estimate of drug-likeness (QED) is 0.835. The topological polar surface area (TPSA) is 49.4 Å². The Labute approximate surface area is 167 Å². The number of nitrogens with zero attached hydrogens (tertiary/aromatic N) is 1. The fourth-order valence-corrected chi connectivity index (χ4v) is 3.60. The second-order valence-corrected chi connectivity index (χ2v) is 8.75. The number of carbonyl (C=O) groups excluding carboxylic acids is 2. The lowest BCUT2D eigenvalue weighted by atomic mass is 9.87. The summed E-state index contributed by atoms with van der Waals surface area (Å²) in [6, 6.07) is 15.7. The molecule has 1 saturated heterocycles. The third-order valence-electron chi connectivity index (χ3n) is 5.44. The van der Waals surface area contributed by atoms with Crippen LogP contribution >= 0.6 is 0 Å². The van der Waals surface area contributed by atoms with Crippen molar-refractivity contribution in [2.45, 2.75) is 46.0 Å². The van der Waals surface area contributed by atoms with Gasteiger partial charge in [0.05, 0.1) is 0 Å². The number of rotatable bonds is 3. The smallest absolute Gasteiger partial charge is 0.253 e. The van der Waals surface area contributed by atoms with E-state index >= 15 is 0 Å². The van der Waals surface area contributed by atoms with E-state index in [4.69, 9.17) is 0 Å². The van der Waals surface area contributed by atoms with Crippen LogP contribution in [-0.2, 0) is 10.2 Å². The minimum atomic E-state index is -0.0520. The molecule has 1 fully saturated rings. The molecule has 1 N–H and O–H groups in total. The summed E-state index contributed by atoms with van der Waals surface area (Å²) in [6.45, 7) is 9.74. The van der Waals surface area contributed by atoms with Crippen LogP contribution in [0.4, 0.5) is 5.69 Å². The Balaban J connectivity index is 1.54. The first-order valence-electron chi connectivity index (χ1n) is 10.0. The summed E-state index contributed by atoms with van der Waals surface area (Å²) in [5, 5.41) is 3.03. The minimum Gasteiger partial charge on any atom is -0.339 e. The Bertz CT molecular complexity index is 842. The van der Waals surface area contributed by atoms with Crippen molar-refractivity contribution in [1.82, 2.24) is 4.90 Å². The Hall–Kier alpha value is -2.62. The fourth-order valence-electron chi connectivity index (χ4n) is 3.60. The predicted octanol–water partition coefficient (Wildman–Crippen LogP) is 4.78. The van der Waals surface area contributed by atoms with Gasteiger partial charge in [0.2, 0.25) is 5.91 Å². The maximum Gasteiger partial charge on any atom is 0.253 e. The molecule has 0 radical (unpaired) electrons. The van der Waals surface area contributed by atoms with Gasteiger partial charge >= 0.3 is 0 Å². The van der Waals surface area contributed by atoms with E-state index in [0.717, 1.165) is 16.8 Å². The summed E-state index contributed by atoms with van der Waals surface area (Å²) in [5.41, 5.74) is 3.98. The van der Waals surface area contributed by atoms with Gasteiger partial charge in [0.1, 0.15) is 0 Å². The zero-order chi connectivity index (χ0) is 20.3. The molecule has 4 heteroatoms. The molecule has 2 aromatic rings. The summed E-state index contributed by atoms with van der Waals surface area (Å²) in [6.07, 6.45) is 1.40. The molecule has 2 aromatic carbocycles. The monoisotopic (exact) mass is 378 g/mol. The van der Waals surface area contributed by atoms with Gasteiger partial charge < -0.3 is 10.2 Å². The van der Waals surface area contributed by atoms with Crippen LogP contribution in [0.1, 0.15) is 55.1 Å². The SMILES string of the molecule is Cc1cccc(C(=O)N2CCC(C(=O)Nc3ccc(C(C)(C)C)cc3)CC2)c1. The van der Waals surface area contributed by atoms with Crippen LogP contribution in [0.25, 0.3) is 0 Å². The van der Waals surface area contributed by atoms with Gasteiger partial charge in [-0.2, -0.15) is 0 Å². The molecule has 4 nitrogen and oxygen atoms in total. The maximum absolute atomic E-state index is 12.7. The molecule has 0 unspecified atom stereocenters. The van der Waals surface area contributed by atoms with Crippen molar-refractivity contribution in [1.29, 1.82) is 0 Å². The average molecular weight is 379 g/mol. The molecule has 2 amide bonds. The largest absolute Gasteiger partial charge is 0.339 e. The van der Waals surface area contributed by atoms with Gasteiger partial charge in [-0.1, -0.05) is 50.6 Å². The molecule has 0 bridgehead atoms. The molecule has 1 aliphatic heterocycles. The van der Waals surface area contributed by atoms with Gasteiger partial charge in [0.15, 0.2) is 0 Å². The van der Waals surface area contributed by atoms with Gasteiger partial charge in [0.25, 0.3) is 5.91 Å². The van der Waals surface area contributed by atoms with Crippen LogP contribution < -0.4 is 5.32 Å². The number of amides is 2. The van der Waals surface area contributed by atoms with Gasteiger partial charge in [-0.15, -0.1) is 0 Å². The highest BCUT2D eigenvalue weighted by atomic mass is 16.2. The first kappa shape index (κ1) is 20.1. The number of nitrogens with one attached hydrogen (secondary N) is 1. The number of hydrogen-bond acceptors (Lipinski definition) is 2. The summed E-state index contributed by atoms with van der Waals surface area (Å²) in [7, 11) is 0. The van der Waals surface area contributed by atoms with Crippen molar-refractivity contribution >= 4 is 17.5 Å². The van der Waals surface area contributed by atoms with Gasteiger partial charge in [0, 0.05) is 30.3 Å². The molecule has 148 valence electrons. The van der Waals surface area contributed by atoms with Crippen LogP contribution in [0, 0.1) is 12.8 Å². The second-order valence-electron chi connectivity index (χ2n) is 8.75. The van der Waals surface area contributed by atoms with Gasteiger partial charge in [-0.3, -0.25) is 9.59 Å². The number of aryl methyl sites for hydroxylation is 1. The van der Waals surface area contributed by atoms with E-state index in [1.807, 2.05) is 48.2 Å². The third kappa shape index (κ3) is 4.80. The van der Waals surface area contributed by atoms with E-state index in [1.165, 1.54) is 5.56 Å². The van der Waals surface area contributed by atoms with E-state index in [2.05, 4.69) is 38.2 Å². The second kappa shape index (κ2) is 8.17. The standard InChI is InChI=1S/C24H30N2O2/c1-17-6-5-7-19(16-17)23(28)26-14-12-18(13-15-26)22(27)25-21-10-8-20(9-11-21)24(2,3)4/h5-11,16,18H,12-15H2,1-4H3,(H,25,27). The lowest BCUT2D eigenvalue weighted by Gasteiger charge is -2.31. The highest BCUT2D eigenvalue weighted by molar-refractivity contribution is 5.95. The fraction of sp³-hybridized carbons (Fsp3) is 0.417. The number of piperidine rings is 1. The van der Waals surface area contributed by atoms with Crippen molar-refractivity contribution in [3.63, 3.8) is 0 Å². The first-order valence-corrected chi connectivity index (χ1v) is 10.0. The molecule has 1 heterocycles. The number of carbonyl (C=O) groups is 2. The zero-order valence-corrected chi connectivity index (χ0v) is 17.3. The summed E-state index contributed by atoms with van der Waals surface area (Å²) < 4.78 is 0. The van der Waals surface area contributed by atoms with Gasteiger partial charge in [-0.05, 0) is 55.0 Å². The average Bonchev–Trinajstić information content (AvgIpc) is 2.67. The highest BCUT2D eigenvalue weighted by Gasteiger charge is 2.28. The molecular weight excluding hydrogens is 348 g/mol. The molecule has 0 spiro atoms. The van der Waals surface area contributed by atoms with Crippen molar-refractivity contribution in [3.05, 3.63) is 65.2 Å².